The summed E-state index contributed by atoms with van der Waals surface area (Å²) >= 11 is 6.02. The second-order valence-electron chi connectivity index (χ2n) is 5.85. The van der Waals surface area contributed by atoms with Crippen LogP contribution < -0.4 is 5.32 Å². The van der Waals surface area contributed by atoms with Crippen LogP contribution in [0.25, 0.3) is 0 Å². The molecule has 1 saturated heterocycles. The lowest BCUT2D eigenvalue weighted by Gasteiger charge is -2.19. The molecule has 132 valence electrons. The summed E-state index contributed by atoms with van der Waals surface area (Å²) in [7, 11) is 0. The van der Waals surface area contributed by atoms with E-state index < -0.39 is 43.1 Å². The number of alkyl halides is 3. The largest absolute Gasteiger partial charge is 0.481 e. The second-order valence-corrected chi connectivity index (χ2v) is 6.23. The maximum atomic E-state index is 12.9. The van der Waals surface area contributed by atoms with E-state index >= 15 is 0 Å². The highest BCUT2D eigenvalue weighted by atomic mass is 35.5. The third kappa shape index (κ3) is 3.75. The number of aliphatic carboxylic acids is 1. The number of amides is 2. The number of hydrogen-bond donors (Lipinski definition) is 2. The van der Waals surface area contributed by atoms with Crippen LogP contribution in [0.4, 0.5) is 23.7 Å². The molecule has 1 fully saturated rings. The molecular weight excluding hydrogens is 349 g/mol. The molecule has 2 rings (SSSR count). The topological polar surface area (TPSA) is 69.6 Å². The average Bonchev–Trinajstić information content (AvgIpc) is 2.90. The number of likely N-dealkylation sites (tertiary alicyclic amines) is 1. The lowest BCUT2D eigenvalue weighted by Crippen LogP contribution is -2.35. The van der Waals surface area contributed by atoms with Gasteiger partial charge in [0.25, 0.3) is 0 Å². The predicted molar refractivity (Wildman–Crippen MR) is 82.2 cm³/mol. The monoisotopic (exact) mass is 364 g/mol. The van der Waals surface area contributed by atoms with Crippen molar-refractivity contribution in [2.45, 2.75) is 20.0 Å². The lowest BCUT2D eigenvalue weighted by molar-refractivity contribution is -0.187. The first-order valence-electron chi connectivity index (χ1n) is 7.13. The van der Waals surface area contributed by atoms with Crippen LogP contribution in [0.5, 0.6) is 0 Å². The van der Waals surface area contributed by atoms with Crippen molar-refractivity contribution in [3.63, 3.8) is 0 Å². The molecule has 1 heterocycles. The van der Waals surface area contributed by atoms with Gasteiger partial charge in [0.1, 0.15) is 0 Å². The minimum absolute atomic E-state index is 0.390. The minimum atomic E-state index is -4.68. The molecule has 5 nitrogen and oxygen atoms in total. The molecule has 2 amide bonds. The van der Waals surface area contributed by atoms with Gasteiger partial charge in [-0.25, -0.2) is 4.79 Å². The van der Waals surface area contributed by atoms with Crippen molar-refractivity contribution in [2.75, 3.05) is 18.4 Å². The molecule has 0 aliphatic carbocycles. The fourth-order valence-electron chi connectivity index (χ4n) is 2.77. The highest BCUT2D eigenvalue weighted by Crippen LogP contribution is 2.38. The summed E-state index contributed by atoms with van der Waals surface area (Å²) in [5, 5.41) is 12.0. The number of benzene rings is 1. The predicted octanol–water partition coefficient (Wildman–Crippen LogP) is 3.68. The van der Waals surface area contributed by atoms with Gasteiger partial charge in [-0.2, -0.15) is 13.2 Å². The Labute approximate surface area is 141 Å². The number of carboxylic acid groups (broad SMARTS) is 1. The van der Waals surface area contributed by atoms with Gasteiger partial charge in [0.05, 0.1) is 11.8 Å². The van der Waals surface area contributed by atoms with E-state index in [4.69, 9.17) is 16.7 Å². The number of nitrogens with zero attached hydrogens (tertiary/aromatic N) is 1. The minimum Gasteiger partial charge on any atom is -0.481 e. The summed E-state index contributed by atoms with van der Waals surface area (Å²) in [6.07, 6.45) is -4.68. The summed E-state index contributed by atoms with van der Waals surface area (Å²) in [4.78, 5) is 24.1. The number of rotatable bonds is 2. The van der Waals surface area contributed by atoms with Gasteiger partial charge in [-0.1, -0.05) is 11.6 Å². The summed E-state index contributed by atoms with van der Waals surface area (Å²) in [6.45, 7) is 2.30. The van der Waals surface area contributed by atoms with Crippen LogP contribution in [-0.2, 0) is 4.79 Å². The Morgan fingerprint density at radius 2 is 1.79 bits per heavy atom. The molecule has 0 unspecified atom stereocenters. The fourth-order valence-corrected chi connectivity index (χ4v) is 2.88. The third-order valence-electron chi connectivity index (χ3n) is 4.03. The van der Waals surface area contributed by atoms with Crippen LogP contribution in [0.2, 0.25) is 5.02 Å². The van der Waals surface area contributed by atoms with Gasteiger partial charge in [0.2, 0.25) is 0 Å². The van der Waals surface area contributed by atoms with Crippen molar-refractivity contribution >= 4 is 29.3 Å². The zero-order valence-electron chi connectivity index (χ0n) is 12.9. The molecule has 0 spiro atoms. The van der Waals surface area contributed by atoms with E-state index in [0.717, 1.165) is 4.90 Å². The van der Waals surface area contributed by atoms with Crippen molar-refractivity contribution in [2.24, 2.45) is 11.8 Å². The number of carbonyl (C=O) groups is 2. The van der Waals surface area contributed by atoms with Crippen LogP contribution in [0.3, 0.4) is 0 Å². The Hall–Kier alpha value is -1.96. The Morgan fingerprint density at radius 3 is 2.21 bits per heavy atom. The SMILES string of the molecule is Cc1cc(NC(=O)N2C[C@@H](C(F)(F)F)[C@H](C(=O)O)C2)cc(C)c1Cl. The van der Waals surface area contributed by atoms with Gasteiger partial charge in [0.15, 0.2) is 0 Å². The molecule has 1 aliphatic rings. The van der Waals surface area contributed by atoms with E-state index in [-0.39, 0.29) is 0 Å². The Balaban J connectivity index is 2.15. The maximum absolute atomic E-state index is 12.9. The maximum Gasteiger partial charge on any atom is 0.394 e. The first-order chi connectivity index (χ1) is 11.0. The summed E-state index contributed by atoms with van der Waals surface area (Å²) < 4.78 is 38.8. The van der Waals surface area contributed by atoms with E-state index in [1.807, 2.05) is 0 Å². The van der Waals surface area contributed by atoms with Crippen molar-refractivity contribution in [1.82, 2.24) is 4.90 Å². The average molecular weight is 365 g/mol. The van der Waals surface area contributed by atoms with Gasteiger partial charge < -0.3 is 15.3 Å². The molecule has 0 saturated carbocycles. The smallest absolute Gasteiger partial charge is 0.394 e. The second kappa shape index (κ2) is 6.51. The molecule has 9 heteroatoms. The summed E-state index contributed by atoms with van der Waals surface area (Å²) in [6, 6.07) is 2.42. The number of carbonyl (C=O) groups excluding carboxylic acids is 1. The molecule has 0 radical (unpaired) electrons. The lowest BCUT2D eigenvalue weighted by atomic mass is 9.96. The number of carboxylic acids is 1. The van der Waals surface area contributed by atoms with Gasteiger partial charge in [-0.3, -0.25) is 4.79 Å². The molecule has 1 aliphatic heterocycles. The Bertz CT molecular complexity index is 655. The number of aryl methyl sites for hydroxylation is 2. The quantitative estimate of drug-likeness (QED) is 0.841. The Kier molecular flexibility index (Phi) is 4.98. The molecule has 0 bridgehead atoms. The summed E-state index contributed by atoms with van der Waals surface area (Å²) in [5.74, 6) is -5.30. The first kappa shape index (κ1) is 18.4. The van der Waals surface area contributed by atoms with Crippen molar-refractivity contribution in [3.05, 3.63) is 28.3 Å². The molecule has 0 aromatic heterocycles. The molecule has 1 aromatic carbocycles. The van der Waals surface area contributed by atoms with Gasteiger partial charge in [-0.15, -0.1) is 0 Å². The number of anilines is 1. The molecule has 1 aromatic rings. The first-order valence-corrected chi connectivity index (χ1v) is 7.50. The van der Waals surface area contributed by atoms with E-state index in [0.29, 0.717) is 21.8 Å². The third-order valence-corrected chi connectivity index (χ3v) is 4.63. The highest BCUT2D eigenvalue weighted by Gasteiger charge is 2.53. The number of urea groups is 1. The van der Waals surface area contributed by atoms with E-state index in [2.05, 4.69) is 5.32 Å². The standard InChI is InChI=1S/C15H16ClF3N2O3/c1-7-3-9(4-8(2)12(7)16)20-14(24)21-5-10(13(22)23)11(6-21)15(17,18)19/h3-4,10-11H,5-6H2,1-2H3,(H,20,24)(H,22,23)/t10-,11-/m1/s1. The highest BCUT2D eigenvalue weighted by molar-refractivity contribution is 6.32. The molecular formula is C15H16ClF3N2O3. The van der Waals surface area contributed by atoms with Crippen LogP contribution in [0.15, 0.2) is 12.1 Å². The molecule has 2 N–H and O–H groups in total. The molecule has 24 heavy (non-hydrogen) atoms. The van der Waals surface area contributed by atoms with E-state index in [1.54, 1.807) is 26.0 Å². The van der Waals surface area contributed by atoms with Crippen LogP contribution in [0, 0.1) is 25.7 Å². The number of halogens is 4. The number of nitrogens with one attached hydrogen (secondary N) is 1. The van der Waals surface area contributed by atoms with Crippen LogP contribution in [-0.4, -0.2) is 41.3 Å². The van der Waals surface area contributed by atoms with E-state index in [9.17, 15) is 22.8 Å². The Morgan fingerprint density at radius 1 is 1.25 bits per heavy atom. The zero-order valence-corrected chi connectivity index (χ0v) is 13.7. The normalized spacial score (nSPS) is 21.0. The van der Waals surface area contributed by atoms with Gasteiger partial charge in [-0.05, 0) is 37.1 Å². The van der Waals surface area contributed by atoms with Crippen molar-refractivity contribution in [1.29, 1.82) is 0 Å². The molecule has 2 atom stereocenters. The van der Waals surface area contributed by atoms with Crippen molar-refractivity contribution < 1.29 is 27.9 Å². The zero-order chi connectivity index (χ0) is 18.2. The fraction of sp³-hybridized carbons (Fsp3) is 0.467. The van der Waals surface area contributed by atoms with E-state index in [1.165, 1.54) is 0 Å². The van der Waals surface area contributed by atoms with Crippen LogP contribution in [0.1, 0.15) is 11.1 Å². The van der Waals surface area contributed by atoms with Gasteiger partial charge >= 0.3 is 18.2 Å². The van der Waals surface area contributed by atoms with Crippen molar-refractivity contribution in [3.8, 4) is 0 Å². The summed E-state index contributed by atoms with van der Waals surface area (Å²) in [5.41, 5.74) is 1.82. The van der Waals surface area contributed by atoms with Gasteiger partial charge in [0, 0.05) is 23.8 Å². The van der Waals surface area contributed by atoms with Crippen LogP contribution >= 0.6 is 11.6 Å². The number of hydrogen-bond acceptors (Lipinski definition) is 2.